The summed E-state index contributed by atoms with van der Waals surface area (Å²) in [6.07, 6.45) is -0.903. The molecule has 0 radical (unpaired) electrons. The van der Waals surface area contributed by atoms with Crippen molar-refractivity contribution >= 4 is 11.6 Å². The van der Waals surface area contributed by atoms with Crippen molar-refractivity contribution in [2.75, 3.05) is 6.61 Å². The summed E-state index contributed by atoms with van der Waals surface area (Å²) in [4.78, 5) is 12.3. The predicted molar refractivity (Wildman–Crippen MR) is 88.6 cm³/mol. The fourth-order valence-corrected chi connectivity index (χ4v) is 2.22. The summed E-state index contributed by atoms with van der Waals surface area (Å²) in [5.41, 5.74) is 0.187. The van der Waals surface area contributed by atoms with Crippen molar-refractivity contribution in [3.8, 4) is 11.4 Å². The standard InChI is InChI=1S/C16H15ClN4O3/c17-12-6-8-15(9-7-12)24-11-14(22)10-20-16(23)21(19-18-20)13-4-2-1-3-5-13/h1-9,14,22H,10-11H2. The quantitative estimate of drug-likeness (QED) is 0.731. The molecular weight excluding hydrogens is 332 g/mol. The van der Waals surface area contributed by atoms with Crippen molar-refractivity contribution in [2.24, 2.45) is 0 Å². The summed E-state index contributed by atoms with van der Waals surface area (Å²) in [7, 11) is 0. The minimum atomic E-state index is -0.903. The number of rotatable bonds is 6. The first-order chi connectivity index (χ1) is 11.6. The predicted octanol–water partition coefficient (Wildman–Crippen LogP) is 1.52. The van der Waals surface area contributed by atoms with E-state index in [4.69, 9.17) is 16.3 Å². The molecule has 1 aromatic heterocycles. The molecule has 0 aliphatic heterocycles. The third-order valence-corrected chi connectivity index (χ3v) is 3.53. The van der Waals surface area contributed by atoms with Crippen LogP contribution in [0.1, 0.15) is 0 Å². The number of aromatic nitrogens is 4. The number of nitrogens with zero attached hydrogens (tertiary/aromatic N) is 4. The first-order valence-corrected chi connectivity index (χ1v) is 7.66. The number of halogens is 1. The summed E-state index contributed by atoms with van der Waals surface area (Å²) in [6, 6.07) is 15.7. The zero-order valence-corrected chi connectivity index (χ0v) is 13.4. The summed E-state index contributed by atoms with van der Waals surface area (Å²) in [5, 5.41) is 18.2. The minimum absolute atomic E-state index is 0.0146. The molecule has 1 atom stereocenters. The van der Waals surface area contributed by atoms with Gasteiger partial charge in [0.25, 0.3) is 0 Å². The second-order valence-electron chi connectivity index (χ2n) is 5.11. The Morgan fingerprint density at radius 3 is 2.50 bits per heavy atom. The van der Waals surface area contributed by atoms with Gasteiger partial charge >= 0.3 is 5.69 Å². The molecule has 0 aliphatic carbocycles. The maximum atomic E-state index is 12.3. The van der Waals surface area contributed by atoms with Crippen LogP contribution in [-0.2, 0) is 6.54 Å². The van der Waals surface area contributed by atoms with Gasteiger partial charge in [0.2, 0.25) is 0 Å². The molecule has 0 saturated heterocycles. The lowest BCUT2D eigenvalue weighted by Gasteiger charge is -2.11. The maximum Gasteiger partial charge on any atom is 0.368 e. The Morgan fingerprint density at radius 1 is 1.08 bits per heavy atom. The first kappa shape index (κ1) is 16.2. The molecule has 124 valence electrons. The summed E-state index contributed by atoms with van der Waals surface area (Å²) < 4.78 is 7.72. The number of aliphatic hydroxyl groups is 1. The van der Waals surface area contributed by atoms with Gasteiger partial charge in [-0.3, -0.25) is 0 Å². The van der Waals surface area contributed by atoms with Crippen LogP contribution in [0.25, 0.3) is 5.69 Å². The van der Waals surface area contributed by atoms with Gasteiger partial charge < -0.3 is 9.84 Å². The Balaban J connectivity index is 1.63. The van der Waals surface area contributed by atoms with Gasteiger partial charge in [-0.25, -0.2) is 4.79 Å². The van der Waals surface area contributed by atoms with Crippen molar-refractivity contribution in [3.63, 3.8) is 0 Å². The van der Waals surface area contributed by atoms with Crippen LogP contribution >= 0.6 is 11.6 Å². The van der Waals surface area contributed by atoms with Crippen LogP contribution in [0.15, 0.2) is 59.4 Å². The average molecular weight is 347 g/mol. The van der Waals surface area contributed by atoms with Gasteiger partial charge in [0.05, 0.1) is 12.2 Å². The molecule has 0 aliphatic rings. The van der Waals surface area contributed by atoms with E-state index in [0.717, 1.165) is 4.68 Å². The van der Waals surface area contributed by atoms with Crippen molar-refractivity contribution in [1.82, 2.24) is 19.8 Å². The summed E-state index contributed by atoms with van der Waals surface area (Å²) in [6.45, 7) is 0.00548. The van der Waals surface area contributed by atoms with E-state index in [0.29, 0.717) is 16.5 Å². The van der Waals surface area contributed by atoms with Gasteiger partial charge in [-0.05, 0) is 46.8 Å². The fraction of sp³-hybridized carbons (Fsp3) is 0.188. The highest BCUT2D eigenvalue weighted by Gasteiger charge is 2.13. The number of hydrogen-bond donors (Lipinski definition) is 1. The lowest BCUT2D eigenvalue weighted by Crippen LogP contribution is -2.31. The van der Waals surface area contributed by atoms with Gasteiger partial charge in [0, 0.05) is 5.02 Å². The lowest BCUT2D eigenvalue weighted by atomic mass is 10.3. The number of hydrogen-bond acceptors (Lipinski definition) is 5. The number of ether oxygens (including phenoxy) is 1. The lowest BCUT2D eigenvalue weighted by molar-refractivity contribution is 0.0879. The monoisotopic (exact) mass is 346 g/mol. The van der Waals surface area contributed by atoms with Crippen LogP contribution in [0.4, 0.5) is 0 Å². The Kier molecular flexibility index (Phi) is 4.93. The largest absolute Gasteiger partial charge is 0.491 e. The van der Waals surface area contributed by atoms with Crippen LogP contribution in [-0.4, -0.2) is 37.6 Å². The van der Waals surface area contributed by atoms with Crippen LogP contribution < -0.4 is 10.4 Å². The van der Waals surface area contributed by atoms with Crippen LogP contribution in [0, 0.1) is 0 Å². The Bertz CT molecular complexity index is 846. The first-order valence-electron chi connectivity index (χ1n) is 7.28. The molecule has 8 heteroatoms. The van der Waals surface area contributed by atoms with Crippen molar-refractivity contribution in [2.45, 2.75) is 12.6 Å². The van der Waals surface area contributed by atoms with Crippen molar-refractivity contribution < 1.29 is 9.84 Å². The van der Waals surface area contributed by atoms with Gasteiger partial charge in [-0.2, -0.15) is 9.36 Å². The topological polar surface area (TPSA) is 82.2 Å². The smallest absolute Gasteiger partial charge is 0.368 e. The van der Waals surface area contributed by atoms with E-state index in [1.165, 1.54) is 4.68 Å². The van der Waals surface area contributed by atoms with Gasteiger partial charge in [0.15, 0.2) is 0 Å². The zero-order chi connectivity index (χ0) is 16.9. The number of benzene rings is 2. The van der Waals surface area contributed by atoms with Crippen LogP contribution in [0.5, 0.6) is 5.75 Å². The highest BCUT2D eigenvalue weighted by Crippen LogP contribution is 2.15. The molecule has 3 rings (SSSR count). The highest BCUT2D eigenvalue weighted by atomic mass is 35.5. The Labute approximate surface area is 142 Å². The second-order valence-corrected chi connectivity index (χ2v) is 5.55. The van der Waals surface area contributed by atoms with E-state index in [1.54, 1.807) is 48.5 Å². The van der Waals surface area contributed by atoms with Crippen molar-refractivity contribution in [3.05, 3.63) is 70.1 Å². The van der Waals surface area contributed by atoms with E-state index >= 15 is 0 Å². The zero-order valence-electron chi connectivity index (χ0n) is 12.6. The van der Waals surface area contributed by atoms with Crippen LogP contribution in [0.2, 0.25) is 5.02 Å². The normalized spacial score (nSPS) is 12.1. The Hall–Kier alpha value is -2.64. The number of aliphatic hydroxyl groups excluding tert-OH is 1. The molecule has 7 nitrogen and oxygen atoms in total. The highest BCUT2D eigenvalue weighted by molar-refractivity contribution is 6.30. The van der Waals surface area contributed by atoms with E-state index in [1.807, 2.05) is 6.07 Å². The fourth-order valence-electron chi connectivity index (χ4n) is 2.10. The van der Waals surface area contributed by atoms with Gasteiger partial charge in [-0.1, -0.05) is 29.8 Å². The molecule has 1 N–H and O–H groups in total. The maximum absolute atomic E-state index is 12.3. The molecule has 1 unspecified atom stereocenters. The SMILES string of the molecule is O=c1n(CC(O)COc2ccc(Cl)cc2)nnn1-c1ccccc1. The van der Waals surface area contributed by atoms with E-state index in [9.17, 15) is 9.90 Å². The van der Waals surface area contributed by atoms with E-state index in [-0.39, 0.29) is 13.2 Å². The van der Waals surface area contributed by atoms with Gasteiger partial charge in [0.1, 0.15) is 18.5 Å². The number of tetrazole rings is 1. The minimum Gasteiger partial charge on any atom is -0.491 e. The molecule has 0 fully saturated rings. The number of para-hydroxylation sites is 1. The molecule has 3 aromatic rings. The summed E-state index contributed by atoms with van der Waals surface area (Å²) >= 11 is 5.79. The average Bonchev–Trinajstić information content (AvgIpc) is 2.96. The van der Waals surface area contributed by atoms with Crippen molar-refractivity contribution in [1.29, 1.82) is 0 Å². The molecule has 0 saturated carbocycles. The molecule has 24 heavy (non-hydrogen) atoms. The molecule has 2 aromatic carbocycles. The molecule has 1 heterocycles. The third-order valence-electron chi connectivity index (χ3n) is 3.28. The second kappa shape index (κ2) is 7.29. The van der Waals surface area contributed by atoms with Crippen LogP contribution in [0.3, 0.4) is 0 Å². The van der Waals surface area contributed by atoms with Gasteiger partial charge in [-0.15, -0.1) is 0 Å². The van der Waals surface area contributed by atoms with E-state index < -0.39 is 11.8 Å². The molecule has 0 bridgehead atoms. The molecular formula is C16H15ClN4O3. The molecule has 0 amide bonds. The molecule has 0 spiro atoms. The summed E-state index contributed by atoms with van der Waals surface area (Å²) in [5.74, 6) is 0.582. The Morgan fingerprint density at radius 2 is 1.79 bits per heavy atom. The van der Waals surface area contributed by atoms with E-state index in [2.05, 4.69) is 10.4 Å². The third kappa shape index (κ3) is 3.81.